The fourth-order valence-corrected chi connectivity index (χ4v) is 5.84. The minimum absolute atomic E-state index is 0.703. The number of benzene rings is 1. The van der Waals surface area contributed by atoms with E-state index in [2.05, 4.69) is 69.5 Å². The van der Waals surface area contributed by atoms with Gasteiger partial charge in [-0.25, -0.2) is 9.97 Å². The third-order valence-electron chi connectivity index (χ3n) is 6.56. The standard InChI is InChI=1S/C23H29N5S/c1-26-10-9-19(14-26)27(2)12-17-8-11-28(13-17)22-21-20(18-6-4-3-5-7-18)15-29-23(21)25-16-24-22/h3-7,15-17,19H,8-14H2,1-2H3. The number of fused-ring (bicyclic) bond motifs is 1. The first-order valence-corrected chi connectivity index (χ1v) is 11.5. The van der Waals surface area contributed by atoms with Gasteiger partial charge in [0.05, 0.1) is 5.39 Å². The highest BCUT2D eigenvalue weighted by molar-refractivity contribution is 7.17. The average molecular weight is 408 g/mol. The summed E-state index contributed by atoms with van der Waals surface area (Å²) in [6.07, 6.45) is 4.27. The Labute approximate surface area is 177 Å². The molecule has 4 heterocycles. The lowest BCUT2D eigenvalue weighted by Crippen LogP contribution is -2.38. The number of rotatable bonds is 5. The lowest BCUT2D eigenvalue weighted by molar-refractivity contribution is 0.213. The smallest absolute Gasteiger partial charge is 0.141 e. The summed E-state index contributed by atoms with van der Waals surface area (Å²) in [6, 6.07) is 11.3. The molecular formula is C23H29N5S. The summed E-state index contributed by atoms with van der Waals surface area (Å²) in [5.74, 6) is 1.82. The summed E-state index contributed by atoms with van der Waals surface area (Å²) < 4.78 is 0. The van der Waals surface area contributed by atoms with Crippen molar-refractivity contribution in [1.82, 2.24) is 19.8 Å². The van der Waals surface area contributed by atoms with E-state index in [0.717, 1.165) is 23.7 Å². The first-order valence-electron chi connectivity index (χ1n) is 10.6. The largest absolute Gasteiger partial charge is 0.356 e. The normalized spacial score (nSPS) is 22.9. The molecule has 0 radical (unpaired) electrons. The van der Waals surface area contributed by atoms with E-state index in [1.165, 1.54) is 49.0 Å². The molecule has 6 heteroatoms. The van der Waals surface area contributed by atoms with E-state index in [9.17, 15) is 0 Å². The number of nitrogens with zero attached hydrogens (tertiary/aromatic N) is 5. The van der Waals surface area contributed by atoms with E-state index in [0.29, 0.717) is 12.0 Å². The van der Waals surface area contributed by atoms with Crippen molar-refractivity contribution < 1.29 is 0 Å². The van der Waals surface area contributed by atoms with Crippen LogP contribution in [-0.4, -0.2) is 72.6 Å². The predicted octanol–water partition coefficient (Wildman–Crippen LogP) is 3.82. The molecule has 2 aliphatic rings. The van der Waals surface area contributed by atoms with Gasteiger partial charge in [-0.1, -0.05) is 30.3 Å². The Bertz CT molecular complexity index is 972. The van der Waals surface area contributed by atoms with Gasteiger partial charge in [-0.2, -0.15) is 0 Å². The van der Waals surface area contributed by atoms with Crippen molar-refractivity contribution >= 4 is 27.4 Å². The van der Waals surface area contributed by atoms with Crippen molar-refractivity contribution in [3.8, 4) is 11.1 Å². The molecule has 5 nitrogen and oxygen atoms in total. The topological polar surface area (TPSA) is 35.5 Å². The summed E-state index contributed by atoms with van der Waals surface area (Å²) in [7, 11) is 4.54. The van der Waals surface area contributed by atoms with Gasteiger partial charge in [0.1, 0.15) is 17.0 Å². The predicted molar refractivity (Wildman–Crippen MR) is 122 cm³/mol. The zero-order valence-electron chi connectivity index (χ0n) is 17.3. The number of likely N-dealkylation sites (tertiary alicyclic amines) is 1. The molecule has 2 saturated heterocycles. The molecule has 152 valence electrons. The second-order valence-corrected chi connectivity index (χ2v) is 9.50. The van der Waals surface area contributed by atoms with Crippen LogP contribution in [-0.2, 0) is 0 Å². The number of aromatic nitrogens is 2. The van der Waals surface area contributed by atoms with E-state index in [4.69, 9.17) is 4.98 Å². The van der Waals surface area contributed by atoms with Crippen LogP contribution in [0, 0.1) is 5.92 Å². The molecule has 2 atom stereocenters. The molecule has 2 unspecified atom stereocenters. The Morgan fingerprint density at radius 1 is 1.10 bits per heavy atom. The molecule has 29 heavy (non-hydrogen) atoms. The minimum Gasteiger partial charge on any atom is -0.356 e. The third kappa shape index (κ3) is 3.77. The quantitative estimate of drug-likeness (QED) is 0.642. The molecule has 0 N–H and O–H groups in total. The summed E-state index contributed by atoms with van der Waals surface area (Å²) in [5.41, 5.74) is 2.51. The molecule has 2 aliphatic heterocycles. The Morgan fingerprint density at radius 2 is 1.97 bits per heavy atom. The molecule has 1 aromatic carbocycles. The molecule has 0 bridgehead atoms. The van der Waals surface area contributed by atoms with Crippen molar-refractivity contribution in [2.75, 3.05) is 51.7 Å². The van der Waals surface area contributed by atoms with Crippen LogP contribution in [0.2, 0.25) is 0 Å². The Morgan fingerprint density at radius 3 is 2.76 bits per heavy atom. The van der Waals surface area contributed by atoms with Crippen LogP contribution >= 0.6 is 11.3 Å². The van der Waals surface area contributed by atoms with Crippen LogP contribution in [0.25, 0.3) is 21.3 Å². The number of thiophene rings is 1. The Balaban J connectivity index is 1.36. The highest BCUT2D eigenvalue weighted by atomic mass is 32.1. The second-order valence-electron chi connectivity index (χ2n) is 8.64. The van der Waals surface area contributed by atoms with E-state index >= 15 is 0 Å². The maximum atomic E-state index is 4.75. The van der Waals surface area contributed by atoms with Crippen molar-refractivity contribution in [2.45, 2.75) is 18.9 Å². The van der Waals surface area contributed by atoms with Gasteiger partial charge in [-0.15, -0.1) is 11.3 Å². The van der Waals surface area contributed by atoms with Crippen molar-refractivity contribution in [2.24, 2.45) is 5.92 Å². The maximum Gasteiger partial charge on any atom is 0.141 e. The minimum atomic E-state index is 0.703. The van der Waals surface area contributed by atoms with Gasteiger partial charge in [-0.05, 0) is 45.0 Å². The van der Waals surface area contributed by atoms with E-state index in [1.807, 2.05) is 0 Å². The fraction of sp³-hybridized carbons (Fsp3) is 0.478. The second kappa shape index (κ2) is 8.01. The lowest BCUT2D eigenvalue weighted by Gasteiger charge is -2.27. The molecule has 2 fully saturated rings. The van der Waals surface area contributed by atoms with Gasteiger partial charge in [0.15, 0.2) is 0 Å². The highest BCUT2D eigenvalue weighted by Gasteiger charge is 2.30. The molecule has 2 aromatic heterocycles. The monoisotopic (exact) mass is 407 g/mol. The van der Waals surface area contributed by atoms with Gasteiger partial charge < -0.3 is 14.7 Å². The molecule has 0 spiro atoms. The summed E-state index contributed by atoms with van der Waals surface area (Å²) in [6.45, 7) is 5.78. The summed E-state index contributed by atoms with van der Waals surface area (Å²) in [4.78, 5) is 17.9. The molecule has 0 aliphatic carbocycles. The van der Waals surface area contributed by atoms with Crippen LogP contribution in [0.5, 0.6) is 0 Å². The van der Waals surface area contributed by atoms with Gasteiger partial charge >= 0.3 is 0 Å². The molecule has 0 amide bonds. The lowest BCUT2D eigenvalue weighted by atomic mass is 10.1. The zero-order chi connectivity index (χ0) is 19.8. The molecule has 3 aromatic rings. The van der Waals surface area contributed by atoms with E-state index in [1.54, 1.807) is 17.7 Å². The first kappa shape index (κ1) is 19.0. The number of hydrogen-bond donors (Lipinski definition) is 0. The van der Waals surface area contributed by atoms with Gasteiger partial charge in [0.2, 0.25) is 0 Å². The first-order chi connectivity index (χ1) is 14.2. The highest BCUT2D eigenvalue weighted by Crippen LogP contribution is 2.39. The van der Waals surface area contributed by atoms with Crippen molar-refractivity contribution in [1.29, 1.82) is 0 Å². The SMILES string of the molecule is CN1CCC(N(C)CC2CCN(c3ncnc4scc(-c5ccccc5)c34)C2)C1. The van der Waals surface area contributed by atoms with Crippen LogP contribution < -0.4 is 4.90 Å². The zero-order valence-corrected chi connectivity index (χ0v) is 18.1. The summed E-state index contributed by atoms with van der Waals surface area (Å²) in [5, 5.41) is 3.45. The van der Waals surface area contributed by atoms with E-state index in [-0.39, 0.29) is 0 Å². The number of likely N-dealkylation sites (N-methyl/N-ethyl adjacent to an activating group) is 2. The number of hydrogen-bond acceptors (Lipinski definition) is 6. The van der Waals surface area contributed by atoms with Crippen molar-refractivity contribution in [3.05, 3.63) is 42.0 Å². The Kier molecular flexibility index (Phi) is 5.24. The third-order valence-corrected chi connectivity index (χ3v) is 7.44. The van der Waals surface area contributed by atoms with Gasteiger partial charge in [-0.3, -0.25) is 0 Å². The molecular weight excluding hydrogens is 378 g/mol. The van der Waals surface area contributed by atoms with Crippen LogP contribution in [0.3, 0.4) is 0 Å². The van der Waals surface area contributed by atoms with Crippen LogP contribution in [0.1, 0.15) is 12.8 Å². The van der Waals surface area contributed by atoms with Crippen molar-refractivity contribution in [3.63, 3.8) is 0 Å². The average Bonchev–Trinajstić information content (AvgIpc) is 3.48. The molecule has 0 saturated carbocycles. The van der Waals surface area contributed by atoms with Gasteiger partial charge in [0, 0.05) is 43.2 Å². The maximum absolute atomic E-state index is 4.75. The van der Waals surface area contributed by atoms with Crippen LogP contribution in [0.4, 0.5) is 5.82 Å². The fourth-order valence-electron chi connectivity index (χ4n) is 4.93. The number of anilines is 1. The summed E-state index contributed by atoms with van der Waals surface area (Å²) >= 11 is 1.72. The Hall–Kier alpha value is -2.02. The molecule has 5 rings (SSSR count). The van der Waals surface area contributed by atoms with Gasteiger partial charge in [0.25, 0.3) is 0 Å². The van der Waals surface area contributed by atoms with E-state index < -0.39 is 0 Å². The van der Waals surface area contributed by atoms with Crippen LogP contribution in [0.15, 0.2) is 42.0 Å².